The average molecular weight is 432 g/mol. The van der Waals surface area contributed by atoms with Crippen LogP contribution in [-0.2, 0) is 9.59 Å². The van der Waals surface area contributed by atoms with Crippen LogP contribution in [0.2, 0.25) is 0 Å². The first kappa shape index (κ1) is 22.2. The van der Waals surface area contributed by atoms with E-state index in [1.54, 1.807) is 60.7 Å². The van der Waals surface area contributed by atoms with Gasteiger partial charge in [-0.05, 0) is 35.4 Å². The third-order valence-corrected chi connectivity index (χ3v) is 4.72. The molecule has 0 aliphatic carbocycles. The maximum Gasteiger partial charge on any atom is 0.330 e. The molecule has 2 atom stereocenters. The number of aliphatic carboxylic acids is 2. The van der Waals surface area contributed by atoms with Crippen LogP contribution >= 0.6 is 0 Å². The first-order valence-electron chi connectivity index (χ1n) is 9.64. The molecule has 0 aliphatic rings. The van der Waals surface area contributed by atoms with E-state index >= 15 is 0 Å². The van der Waals surface area contributed by atoms with Crippen molar-refractivity contribution in [1.82, 2.24) is 10.6 Å². The van der Waals surface area contributed by atoms with Gasteiger partial charge in [-0.1, -0.05) is 60.7 Å². The molecule has 0 saturated carbocycles. The fourth-order valence-electron chi connectivity index (χ4n) is 3.07. The van der Waals surface area contributed by atoms with E-state index in [-0.39, 0.29) is 11.1 Å². The largest absolute Gasteiger partial charge is 0.479 e. The fraction of sp³-hybridized carbons (Fsp3) is 0.0833. The smallest absolute Gasteiger partial charge is 0.330 e. The summed E-state index contributed by atoms with van der Waals surface area (Å²) in [5.41, 5.74) is 1.15. The second-order valence-electron chi connectivity index (χ2n) is 6.89. The summed E-state index contributed by atoms with van der Waals surface area (Å²) >= 11 is 0. The lowest BCUT2D eigenvalue weighted by atomic mass is 10.0. The van der Waals surface area contributed by atoms with Crippen LogP contribution in [0.3, 0.4) is 0 Å². The van der Waals surface area contributed by atoms with Gasteiger partial charge in [0.1, 0.15) is 0 Å². The first-order chi connectivity index (χ1) is 15.4. The van der Waals surface area contributed by atoms with Gasteiger partial charge < -0.3 is 20.8 Å². The van der Waals surface area contributed by atoms with Gasteiger partial charge in [0.25, 0.3) is 11.8 Å². The predicted molar refractivity (Wildman–Crippen MR) is 115 cm³/mol. The van der Waals surface area contributed by atoms with Crippen molar-refractivity contribution in [3.8, 4) is 0 Å². The summed E-state index contributed by atoms with van der Waals surface area (Å²) in [5, 5.41) is 23.8. The van der Waals surface area contributed by atoms with Crippen molar-refractivity contribution in [2.75, 3.05) is 0 Å². The summed E-state index contributed by atoms with van der Waals surface area (Å²) in [6.07, 6.45) is 0. The van der Waals surface area contributed by atoms with Crippen molar-refractivity contribution < 1.29 is 29.4 Å². The van der Waals surface area contributed by atoms with E-state index in [2.05, 4.69) is 10.6 Å². The molecule has 4 N–H and O–H groups in total. The van der Waals surface area contributed by atoms with E-state index in [9.17, 15) is 29.4 Å². The number of carbonyl (C=O) groups is 4. The Balaban J connectivity index is 1.71. The van der Waals surface area contributed by atoms with Crippen LogP contribution in [0.5, 0.6) is 0 Å². The van der Waals surface area contributed by atoms with Gasteiger partial charge in [0, 0.05) is 11.1 Å². The molecule has 0 radical (unpaired) electrons. The molecule has 0 aromatic heterocycles. The Kier molecular flexibility index (Phi) is 6.97. The molecular weight excluding hydrogens is 412 g/mol. The topological polar surface area (TPSA) is 133 Å². The minimum atomic E-state index is -1.23. The molecule has 0 spiro atoms. The van der Waals surface area contributed by atoms with Crippen LogP contribution in [0, 0.1) is 0 Å². The van der Waals surface area contributed by atoms with Gasteiger partial charge in [0.15, 0.2) is 12.1 Å². The van der Waals surface area contributed by atoms with Crippen molar-refractivity contribution in [1.29, 1.82) is 0 Å². The summed E-state index contributed by atoms with van der Waals surface area (Å²) < 4.78 is 0. The second kappa shape index (κ2) is 10.0. The van der Waals surface area contributed by atoms with Crippen LogP contribution in [0.4, 0.5) is 0 Å². The Morgan fingerprint density at radius 3 is 1.12 bits per heavy atom. The summed E-state index contributed by atoms with van der Waals surface area (Å²) in [6, 6.07) is 19.6. The van der Waals surface area contributed by atoms with Crippen molar-refractivity contribution >= 4 is 23.8 Å². The number of carboxylic acid groups (broad SMARTS) is 2. The van der Waals surface area contributed by atoms with Gasteiger partial charge >= 0.3 is 11.9 Å². The molecular formula is C24H20N2O6. The number of carboxylic acids is 2. The van der Waals surface area contributed by atoms with Gasteiger partial charge in [0.05, 0.1) is 0 Å². The highest BCUT2D eigenvalue weighted by atomic mass is 16.4. The number of nitrogens with one attached hydrogen (secondary N) is 2. The maximum absolute atomic E-state index is 12.5. The van der Waals surface area contributed by atoms with Crippen LogP contribution < -0.4 is 10.6 Å². The first-order valence-corrected chi connectivity index (χ1v) is 9.64. The molecule has 3 aromatic carbocycles. The fourth-order valence-corrected chi connectivity index (χ4v) is 3.07. The Morgan fingerprint density at radius 1 is 0.531 bits per heavy atom. The van der Waals surface area contributed by atoms with Gasteiger partial charge in [-0.15, -0.1) is 0 Å². The predicted octanol–water partition coefficient (Wildman–Crippen LogP) is 2.80. The lowest BCUT2D eigenvalue weighted by molar-refractivity contribution is -0.140. The number of rotatable bonds is 8. The van der Waals surface area contributed by atoms with E-state index in [4.69, 9.17) is 0 Å². The maximum atomic E-state index is 12.5. The number of hydrogen-bond donors (Lipinski definition) is 4. The molecule has 2 amide bonds. The van der Waals surface area contributed by atoms with Crippen LogP contribution in [-0.4, -0.2) is 34.0 Å². The number of amides is 2. The SMILES string of the molecule is O=C(N[C@H](C(=O)O)c1ccccc1)c1ccc(C(=O)N[C@H](C(=O)O)c2ccccc2)cc1. The Labute approximate surface area is 183 Å². The molecule has 32 heavy (non-hydrogen) atoms. The minimum Gasteiger partial charge on any atom is -0.479 e. The quantitative estimate of drug-likeness (QED) is 0.433. The third-order valence-electron chi connectivity index (χ3n) is 4.72. The molecule has 8 heteroatoms. The summed E-state index contributed by atoms with van der Waals surface area (Å²) in [5.74, 6) is -3.66. The van der Waals surface area contributed by atoms with Crippen molar-refractivity contribution in [3.63, 3.8) is 0 Å². The molecule has 0 aliphatic heterocycles. The second-order valence-corrected chi connectivity index (χ2v) is 6.89. The monoisotopic (exact) mass is 432 g/mol. The Morgan fingerprint density at radius 2 is 0.844 bits per heavy atom. The Hall–Kier alpha value is -4.46. The van der Waals surface area contributed by atoms with E-state index in [0.29, 0.717) is 11.1 Å². The molecule has 0 fully saturated rings. The van der Waals surface area contributed by atoms with Crippen molar-refractivity contribution in [3.05, 3.63) is 107 Å². The van der Waals surface area contributed by atoms with E-state index < -0.39 is 35.8 Å². The standard InChI is InChI=1S/C24H20N2O6/c27-21(25-19(23(29)30)15-7-3-1-4-8-15)17-11-13-18(14-12-17)22(28)26-20(24(31)32)16-9-5-2-6-10-16/h1-14,19-20H,(H,25,27)(H,26,28)(H,29,30)(H,31,32)/t19-,20-/m0/s1. The van der Waals surface area contributed by atoms with Gasteiger partial charge in [-0.25, -0.2) is 9.59 Å². The van der Waals surface area contributed by atoms with Gasteiger partial charge in [0.2, 0.25) is 0 Å². The molecule has 162 valence electrons. The highest BCUT2D eigenvalue weighted by molar-refractivity contribution is 6.00. The van der Waals surface area contributed by atoms with Crippen molar-refractivity contribution in [2.45, 2.75) is 12.1 Å². The van der Waals surface area contributed by atoms with E-state index in [1.807, 2.05) is 0 Å². The molecule has 0 saturated heterocycles. The van der Waals surface area contributed by atoms with Gasteiger partial charge in [-0.3, -0.25) is 9.59 Å². The lowest BCUT2D eigenvalue weighted by Crippen LogP contribution is -2.34. The highest BCUT2D eigenvalue weighted by Gasteiger charge is 2.24. The van der Waals surface area contributed by atoms with Crippen LogP contribution in [0.15, 0.2) is 84.9 Å². The van der Waals surface area contributed by atoms with Crippen LogP contribution in [0.25, 0.3) is 0 Å². The molecule has 0 bridgehead atoms. The number of hydrogen-bond acceptors (Lipinski definition) is 4. The molecule has 3 aromatic rings. The normalized spacial score (nSPS) is 12.2. The summed E-state index contributed by atoms with van der Waals surface area (Å²) in [7, 11) is 0. The Bertz CT molecular complexity index is 1020. The molecule has 8 nitrogen and oxygen atoms in total. The summed E-state index contributed by atoms with van der Waals surface area (Å²) in [4.78, 5) is 48.2. The highest BCUT2D eigenvalue weighted by Crippen LogP contribution is 2.16. The zero-order valence-electron chi connectivity index (χ0n) is 16.8. The van der Waals surface area contributed by atoms with Crippen molar-refractivity contribution in [2.24, 2.45) is 0 Å². The zero-order chi connectivity index (χ0) is 23.1. The number of benzene rings is 3. The average Bonchev–Trinajstić information content (AvgIpc) is 2.81. The van der Waals surface area contributed by atoms with E-state index in [1.165, 1.54) is 24.3 Å². The molecule has 0 unspecified atom stereocenters. The van der Waals surface area contributed by atoms with Gasteiger partial charge in [-0.2, -0.15) is 0 Å². The zero-order valence-corrected chi connectivity index (χ0v) is 16.8. The van der Waals surface area contributed by atoms with E-state index in [0.717, 1.165) is 0 Å². The summed E-state index contributed by atoms with van der Waals surface area (Å²) in [6.45, 7) is 0. The lowest BCUT2D eigenvalue weighted by Gasteiger charge is -2.16. The molecule has 3 rings (SSSR count). The molecule has 0 heterocycles. The third kappa shape index (κ3) is 5.37. The number of carbonyl (C=O) groups excluding carboxylic acids is 2. The van der Waals surface area contributed by atoms with Crippen LogP contribution in [0.1, 0.15) is 43.9 Å². The minimum absolute atomic E-state index is 0.154.